The van der Waals surface area contributed by atoms with Crippen molar-refractivity contribution >= 4 is 27.2 Å². The van der Waals surface area contributed by atoms with E-state index in [-0.39, 0.29) is 6.04 Å². The van der Waals surface area contributed by atoms with Gasteiger partial charge in [-0.15, -0.1) is 10.2 Å². The number of nitrogens with zero attached hydrogens (tertiary/aromatic N) is 3. The van der Waals surface area contributed by atoms with Crippen LogP contribution in [0, 0.1) is 6.92 Å². The maximum absolute atomic E-state index is 6.26. The average Bonchev–Trinajstić information content (AvgIpc) is 3.17. The van der Waals surface area contributed by atoms with E-state index in [1.165, 1.54) is 11.1 Å². The van der Waals surface area contributed by atoms with Crippen LogP contribution in [0.5, 0.6) is 0 Å². The summed E-state index contributed by atoms with van der Waals surface area (Å²) in [6.45, 7) is 2.75. The molecule has 2 aromatic carbocycles. The Morgan fingerprint density at radius 2 is 1.89 bits per heavy atom. The van der Waals surface area contributed by atoms with E-state index in [1.54, 1.807) is 17.5 Å². The molecule has 0 amide bonds. The Labute approximate surface area is 162 Å². The molecule has 136 valence electrons. The van der Waals surface area contributed by atoms with Crippen molar-refractivity contribution in [2.45, 2.75) is 19.4 Å². The van der Waals surface area contributed by atoms with Gasteiger partial charge in [0.25, 0.3) is 0 Å². The zero-order chi connectivity index (χ0) is 18.6. The van der Waals surface area contributed by atoms with Gasteiger partial charge in [0.15, 0.2) is 0 Å². The van der Waals surface area contributed by atoms with Crippen LogP contribution in [0.1, 0.15) is 11.1 Å². The van der Waals surface area contributed by atoms with Gasteiger partial charge >= 0.3 is 0 Å². The number of nitrogens with one attached hydrogen (secondary N) is 1. The van der Waals surface area contributed by atoms with Crippen molar-refractivity contribution in [3.8, 4) is 10.6 Å². The molecule has 4 rings (SSSR count). The number of aryl methyl sites for hydroxylation is 1. The third-order valence-electron chi connectivity index (χ3n) is 4.45. The zero-order valence-corrected chi connectivity index (χ0v) is 15.9. The highest BCUT2D eigenvalue weighted by Gasteiger charge is 2.09. The lowest BCUT2D eigenvalue weighted by Gasteiger charge is -2.12. The largest absolute Gasteiger partial charge is 0.359 e. The molecule has 0 unspecified atom stereocenters. The van der Waals surface area contributed by atoms with Gasteiger partial charge in [-0.1, -0.05) is 53.3 Å². The number of pyridine rings is 1. The van der Waals surface area contributed by atoms with Gasteiger partial charge < -0.3 is 11.1 Å². The van der Waals surface area contributed by atoms with Gasteiger partial charge in [0.2, 0.25) is 5.13 Å². The molecule has 0 aliphatic rings. The van der Waals surface area contributed by atoms with E-state index in [4.69, 9.17) is 5.73 Å². The quantitative estimate of drug-likeness (QED) is 0.532. The fraction of sp³-hybridized carbons (Fsp3) is 0.190. The average molecular weight is 376 g/mol. The number of benzene rings is 2. The standard InChI is InChI=1S/C21H21N5S/c1-14-2-4-15(5-3-14)10-19(22)13-24-21-26-25-20(27-21)17-6-7-18-12-23-9-8-16(18)11-17/h2-9,11-12,19H,10,13,22H2,1H3,(H,24,26)/t19-/m1/s1. The lowest BCUT2D eigenvalue weighted by Crippen LogP contribution is -2.31. The third kappa shape index (κ3) is 4.30. The first-order chi connectivity index (χ1) is 13.2. The first-order valence-corrected chi connectivity index (χ1v) is 9.72. The minimum Gasteiger partial charge on any atom is -0.359 e. The van der Waals surface area contributed by atoms with Gasteiger partial charge in [0, 0.05) is 35.9 Å². The summed E-state index contributed by atoms with van der Waals surface area (Å²) >= 11 is 1.54. The van der Waals surface area contributed by atoms with Crippen molar-refractivity contribution in [1.82, 2.24) is 15.2 Å². The summed E-state index contributed by atoms with van der Waals surface area (Å²) in [6.07, 6.45) is 4.49. The Balaban J connectivity index is 1.39. The van der Waals surface area contributed by atoms with Gasteiger partial charge in [0.05, 0.1) is 0 Å². The molecule has 0 radical (unpaired) electrons. The molecule has 0 aliphatic heterocycles. The van der Waals surface area contributed by atoms with E-state index >= 15 is 0 Å². The van der Waals surface area contributed by atoms with Crippen LogP contribution in [-0.4, -0.2) is 27.8 Å². The minimum absolute atomic E-state index is 0.0215. The second kappa shape index (κ2) is 7.82. The third-order valence-corrected chi connectivity index (χ3v) is 5.38. The van der Waals surface area contributed by atoms with Crippen LogP contribution in [0.15, 0.2) is 60.9 Å². The Bertz CT molecular complexity index is 1040. The van der Waals surface area contributed by atoms with Crippen LogP contribution in [0.4, 0.5) is 5.13 Å². The van der Waals surface area contributed by atoms with Crippen LogP contribution in [0.2, 0.25) is 0 Å². The second-order valence-electron chi connectivity index (χ2n) is 6.68. The summed E-state index contributed by atoms with van der Waals surface area (Å²) in [5, 5.41) is 15.8. The molecule has 0 saturated carbocycles. The van der Waals surface area contributed by atoms with Gasteiger partial charge in [-0.3, -0.25) is 4.98 Å². The number of anilines is 1. The number of nitrogens with two attached hydrogens (primary N) is 1. The molecule has 6 heteroatoms. The fourth-order valence-electron chi connectivity index (χ4n) is 2.95. The van der Waals surface area contributed by atoms with E-state index in [0.717, 1.165) is 32.9 Å². The number of aromatic nitrogens is 3. The highest BCUT2D eigenvalue weighted by Crippen LogP contribution is 2.28. The molecule has 5 nitrogen and oxygen atoms in total. The first-order valence-electron chi connectivity index (χ1n) is 8.90. The minimum atomic E-state index is 0.0215. The van der Waals surface area contributed by atoms with Crippen LogP contribution in [0.25, 0.3) is 21.3 Å². The number of fused-ring (bicyclic) bond motifs is 1. The highest BCUT2D eigenvalue weighted by atomic mass is 32.1. The molecule has 2 aromatic heterocycles. The summed E-state index contributed by atoms with van der Waals surface area (Å²) < 4.78 is 0. The maximum Gasteiger partial charge on any atom is 0.206 e. The monoisotopic (exact) mass is 375 g/mol. The molecule has 27 heavy (non-hydrogen) atoms. The normalized spacial score (nSPS) is 12.2. The van der Waals surface area contributed by atoms with E-state index < -0.39 is 0 Å². The Kier molecular flexibility index (Phi) is 5.09. The molecule has 1 atom stereocenters. The predicted octanol–water partition coefficient (Wildman–Crippen LogP) is 4.04. The lowest BCUT2D eigenvalue weighted by atomic mass is 10.1. The Morgan fingerprint density at radius 1 is 1.04 bits per heavy atom. The van der Waals surface area contributed by atoms with Crippen molar-refractivity contribution in [2.75, 3.05) is 11.9 Å². The topological polar surface area (TPSA) is 76.7 Å². The number of rotatable bonds is 6. The Morgan fingerprint density at radius 3 is 2.74 bits per heavy atom. The molecule has 0 aliphatic carbocycles. The smallest absolute Gasteiger partial charge is 0.206 e. The van der Waals surface area contributed by atoms with Crippen molar-refractivity contribution < 1.29 is 0 Å². The zero-order valence-electron chi connectivity index (χ0n) is 15.1. The van der Waals surface area contributed by atoms with E-state index in [1.807, 2.05) is 12.3 Å². The van der Waals surface area contributed by atoms with Gasteiger partial charge in [0.1, 0.15) is 5.01 Å². The molecule has 4 aromatic rings. The van der Waals surface area contributed by atoms with Crippen molar-refractivity contribution in [1.29, 1.82) is 0 Å². The van der Waals surface area contributed by atoms with Gasteiger partial charge in [-0.25, -0.2) is 0 Å². The second-order valence-corrected chi connectivity index (χ2v) is 7.66. The van der Waals surface area contributed by atoms with Crippen LogP contribution in [-0.2, 0) is 6.42 Å². The van der Waals surface area contributed by atoms with Crippen molar-refractivity contribution in [2.24, 2.45) is 5.73 Å². The summed E-state index contributed by atoms with van der Waals surface area (Å²) in [5.41, 5.74) is 9.83. The van der Waals surface area contributed by atoms with Gasteiger partial charge in [-0.2, -0.15) is 0 Å². The van der Waals surface area contributed by atoms with Crippen molar-refractivity contribution in [3.63, 3.8) is 0 Å². The Hall–Kier alpha value is -2.83. The van der Waals surface area contributed by atoms with E-state index in [0.29, 0.717) is 6.54 Å². The lowest BCUT2D eigenvalue weighted by molar-refractivity contribution is 0.698. The first kappa shape index (κ1) is 17.6. The summed E-state index contributed by atoms with van der Waals surface area (Å²) in [6, 6.07) is 16.8. The highest BCUT2D eigenvalue weighted by molar-refractivity contribution is 7.18. The SMILES string of the molecule is Cc1ccc(C[C@@H](N)CNc2nnc(-c3ccc4cnccc4c3)s2)cc1. The molecule has 3 N–H and O–H groups in total. The molecule has 0 spiro atoms. The van der Waals surface area contributed by atoms with Crippen LogP contribution < -0.4 is 11.1 Å². The fourth-order valence-corrected chi connectivity index (χ4v) is 3.69. The van der Waals surface area contributed by atoms with E-state index in [9.17, 15) is 0 Å². The van der Waals surface area contributed by atoms with Crippen molar-refractivity contribution in [3.05, 3.63) is 72.1 Å². The van der Waals surface area contributed by atoms with Gasteiger partial charge in [-0.05, 0) is 36.4 Å². The molecule has 0 fully saturated rings. The summed E-state index contributed by atoms with van der Waals surface area (Å²) in [4.78, 5) is 4.15. The molecular formula is C21H21N5S. The molecule has 0 saturated heterocycles. The molecule has 0 bridgehead atoms. The maximum atomic E-state index is 6.26. The predicted molar refractivity (Wildman–Crippen MR) is 112 cm³/mol. The summed E-state index contributed by atoms with van der Waals surface area (Å²) in [7, 11) is 0. The molecular weight excluding hydrogens is 354 g/mol. The van der Waals surface area contributed by atoms with Crippen LogP contribution in [0.3, 0.4) is 0 Å². The number of hydrogen-bond donors (Lipinski definition) is 2. The molecule has 2 heterocycles. The van der Waals surface area contributed by atoms with E-state index in [2.05, 4.69) is 69.9 Å². The number of hydrogen-bond acceptors (Lipinski definition) is 6. The summed E-state index contributed by atoms with van der Waals surface area (Å²) in [5.74, 6) is 0. The van der Waals surface area contributed by atoms with Crippen LogP contribution >= 0.6 is 11.3 Å².